The lowest BCUT2D eigenvalue weighted by atomic mass is 9.45. The van der Waals surface area contributed by atoms with Crippen LogP contribution in [0, 0.1) is 34.0 Å². The molecule has 4 rings (SSSR count). The summed E-state index contributed by atoms with van der Waals surface area (Å²) in [4.78, 5) is 37.1. The normalized spacial score (nSPS) is 44.8. The van der Waals surface area contributed by atoms with Crippen LogP contribution in [0.25, 0.3) is 0 Å². The standard InChI is InChI=1S/C25H34O3/c1-15-12-19-20(23(4)9-6-18(28)13-22(15)23)7-10-24(5)21(19)8-11-25(24,17(3)27)14-16(2)26/h12-13,19-21H,6-11,14H2,1-5H3. The van der Waals surface area contributed by atoms with Crippen LogP contribution in [-0.2, 0) is 14.4 Å². The van der Waals surface area contributed by atoms with Gasteiger partial charge in [-0.3, -0.25) is 14.4 Å². The summed E-state index contributed by atoms with van der Waals surface area (Å²) < 4.78 is 0. The molecule has 0 radical (unpaired) electrons. The molecule has 6 unspecified atom stereocenters. The largest absolute Gasteiger partial charge is 0.300 e. The van der Waals surface area contributed by atoms with E-state index >= 15 is 0 Å². The maximum absolute atomic E-state index is 12.9. The van der Waals surface area contributed by atoms with Gasteiger partial charge < -0.3 is 0 Å². The van der Waals surface area contributed by atoms with Crippen LogP contribution in [0.2, 0.25) is 0 Å². The van der Waals surface area contributed by atoms with Crippen molar-refractivity contribution in [3.05, 3.63) is 23.3 Å². The molecule has 3 nitrogen and oxygen atoms in total. The number of rotatable bonds is 3. The van der Waals surface area contributed by atoms with Crippen LogP contribution in [0.3, 0.4) is 0 Å². The third-order valence-corrected chi connectivity index (χ3v) is 9.42. The summed E-state index contributed by atoms with van der Waals surface area (Å²) in [6.07, 6.45) is 10.3. The molecule has 4 aliphatic rings. The molecule has 3 heteroatoms. The molecule has 152 valence electrons. The SMILES string of the molecule is CC(=O)CC1(C(C)=O)CCC2C3C=C(C)C4=CC(=O)CCC4(C)C3CCC21C. The van der Waals surface area contributed by atoms with Gasteiger partial charge in [0.2, 0.25) is 0 Å². The Hall–Kier alpha value is -1.51. The van der Waals surface area contributed by atoms with Gasteiger partial charge in [0.05, 0.1) is 0 Å². The highest BCUT2D eigenvalue weighted by Crippen LogP contribution is 2.70. The first-order chi connectivity index (χ1) is 13.0. The van der Waals surface area contributed by atoms with E-state index in [9.17, 15) is 14.4 Å². The molecule has 4 aliphatic carbocycles. The van der Waals surface area contributed by atoms with E-state index in [-0.39, 0.29) is 28.2 Å². The van der Waals surface area contributed by atoms with Gasteiger partial charge in [0, 0.05) is 18.3 Å². The van der Waals surface area contributed by atoms with Crippen molar-refractivity contribution < 1.29 is 14.4 Å². The highest BCUT2D eigenvalue weighted by molar-refractivity contribution is 5.92. The average molecular weight is 383 g/mol. The van der Waals surface area contributed by atoms with Gasteiger partial charge in [0.25, 0.3) is 0 Å². The van der Waals surface area contributed by atoms with Crippen molar-refractivity contribution in [1.82, 2.24) is 0 Å². The lowest BCUT2D eigenvalue weighted by Gasteiger charge is -2.58. The van der Waals surface area contributed by atoms with Gasteiger partial charge in [-0.1, -0.05) is 25.5 Å². The number of fused-ring (bicyclic) bond motifs is 5. The van der Waals surface area contributed by atoms with Crippen LogP contribution in [0.1, 0.15) is 79.6 Å². The monoisotopic (exact) mass is 382 g/mol. The molecule has 0 spiro atoms. The highest BCUT2D eigenvalue weighted by atomic mass is 16.1. The second-order valence-corrected chi connectivity index (χ2v) is 10.6. The maximum Gasteiger partial charge on any atom is 0.156 e. The minimum absolute atomic E-state index is 0.0702. The van der Waals surface area contributed by atoms with E-state index in [4.69, 9.17) is 0 Å². The highest BCUT2D eigenvalue weighted by Gasteiger charge is 2.65. The van der Waals surface area contributed by atoms with Crippen molar-refractivity contribution in [3.63, 3.8) is 0 Å². The van der Waals surface area contributed by atoms with E-state index in [1.54, 1.807) is 13.8 Å². The summed E-state index contributed by atoms with van der Waals surface area (Å²) in [5, 5.41) is 0. The Morgan fingerprint density at radius 2 is 1.75 bits per heavy atom. The Labute approximate surface area is 169 Å². The average Bonchev–Trinajstić information content (AvgIpc) is 2.90. The van der Waals surface area contributed by atoms with Gasteiger partial charge in [-0.25, -0.2) is 0 Å². The van der Waals surface area contributed by atoms with Crippen LogP contribution >= 0.6 is 0 Å². The van der Waals surface area contributed by atoms with Crippen molar-refractivity contribution in [2.24, 2.45) is 34.0 Å². The lowest BCUT2D eigenvalue weighted by molar-refractivity contribution is -0.144. The number of allylic oxidation sites excluding steroid dienone is 4. The molecule has 2 fully saturated rings. The van der Waals surface area contributed by atoms with Crippen molar-refractivity contribution in [2.45, 2.75) is 79.6 Å². The summed E-state index contributed by atoms with van der Waals surface area (Å²) in [5.41, 5.74) is 1.99. The Bertz CT molecular complexity index is 818. The zero-order valence-electron chi connectivity index (χ0n) is 18.1. The smallest absolute Gasteiger partial charge is 0.156 e. The van der Waals surface area contributed by atoms with E-state index in [1.165, 1.54) is 11.1 Å². The van der Waals surface area contributed by atoms with Crippen LogP contribution < -0.4 is 0 Å². The first-order valence-electron chi connectivity index (χ1n) is 11.0. The summed E-state index contributed by atoms with van der Waals surface area (Å²) in [6, 6.07) is 0. The van der Waals surface area contributed by atoms with Gasteiger partial charge in [-0.15, -0.1) is 0 Å². The Balaban J connectivity index is 1.79. The molecular formula is C25H34O3. The molecule has 0 heterocycles. The number of hydrogen-bond donors (Lipinski definition) is 0. The summed E-state index contributed by atoms with van der Waals surface area (Å²) in [6.45, 7) is 10.2. The number of ketones is 3. The molecule has 2 saturated carbocycles. The summed E-state index contributed by atoms with van der Waals surface area (Å²) in [5.74, 6) is 2.03. The van der Waals surface area contributed by atoms with E-state index < -0.39 is 5.41 Å². The second-order valence-electron chi connectivity index (χ2n) is 10.6. The van der Waals surface area contributed by atoms with Crippen LogP contribution in [0.4, 0.5) is 0 Å². The fraction of sp³-hybridized carbons (Fsp3) is 0.720. The molecule has 6 atom stereocenters. The Morgan fingerprint density at radius 3 is 2.39 bits per heavy atom. The predicted molar refractivity (Wildman–Crippen MR) is 110 cm³/mol. The predicted octanol–water partition coefficient (Wildman–Crippen LogP) is 5.24. The third-order valence-electron chi connectivity index (χ3n) is 9.42. The fourth-order valence-corrected chi connectivity index (χ4v) is 7.97. The van der Waals surface area contributed by atoms with Gasteiger partial charge in [0.1, 0.15) is 11.6 Å². The Morgan fingerprint density at radius 1 is 1.07 bits per heavy atom. The molecule has 0 aromatic heterocycles. The molecule has 0 saturated heterocycles. The molecule has 0 bridgehead atoms. The van der Waals surface area contributed by atoms with Gasteiger partial charge in [0.15, 0.2) is 5.78 Å². The summed E-state index contributed by atoms with van der Waals surface area (Å²) in [7, 11) is 0. The number of carbonyl (C=O) groups excluding carboxylic acids is 3. The zero-order valence-corrected chi connectivity index (χ0v) is 18.1. The number of Topliss-reactive ketones (excluding diaryl/α,β-unsaturated/α-hetero) is 2. The molecule has 0 aromatic carbocycles. The molecule has 0 amide bonds. The maximum atomic E-state index is 12.9. The Kier molecular flexibility index (Phi) is 4.41. The molecule has 0 aromatic rings. The van der Waals surface area contributed by atoms with E-state index in [1.807, 2.05) is 6.08 Å². The minimum Gasteiger partial charge on any atom is -0.300 e. The van der Waals surface area contributed by atoms with Crippen molar-refractivity contribution in [3.8, 4) is 0 Å². The van der Waals surface area contributed by atoms with Crippen molar-refractivity contribution in [2.75, 3.05) is 0 Å². The van der Waals surface area contributed by atoms with E-state index in [0.29, 0.717) is 30.6 Å². The second kappa shape index (κ2) is 6.24. The molecule has 0 N–H and O–H groups in total. The number of carbonyl (C=O) groups is 3. The van der Waals surface area contributed by atoms with Crippen LogP contribution in [-0.4, -0.2) is 17.3 Å². The molecule has 0 aliphatic heterocycles. The first-order valence-corrected chi connectivity index (χ1v) is 11.0. The third kappa shape index (κ3) is 2.44. The quantitative estimate of drug-likeness (QED) is 0.671. The van der Waals surface area contributed by atoms with E-state index in [0.717, 1.165) is 32.1 Å². The molecular weight excluding hydrogens is 348 g/mol. The van der Waals surface area contributed by atoms with Crippen LogP contribution in [0.15, 0.2) is 23.3 Å². The van der Waals surface area contributed by atoms with E-state index in [2.05, 4.69) is 26.8 Å². The minimum atomic E-state index is -0.490. The van der Waals surface area contributed by atoms with Gasteiger partial charge in [-0.2, -0.15) is 0 Å². The zero-order chi connectivity index (χ0) is 20.5. The number of hydrogen-bond acceptors (Lipinski definition) is 3. The van der Waals surface area contributed by atoms with Crippen LogP contribution in [0.5, 0.6) is 0 Å². The summed E-state index contributed by atoms with van der Waals surface area (Å²) >= 11 is 0. The lowest BCUT2D eigenvalue weighted by Crippen LogP contribution is -2.53. The first kappa shape index (κ1) is 19.8. The van der Waals surface area contributed by atoms with Crippen molar-refractivity contribution in [1.29, 1.82) is 0 Å². The van der Waals surface area contributed by atoms with Gasteiger partial charge in [-0.05, 0) is 93.1 Å². The molecule has 28 heavy (non-hydrogen) atoms. The van der Waals surface area contributed by atoms with Gasteiger partial charge >= 0.3 is 0 Å². The van der Waals surface area contributed by atoms with Crippen molar-refractivity contribution >= 4 is 17.3 Å². The topological polar surface area (TPSA) is 51.2 Å². The fourth-order valence-electron chi connectivity index (χ4n) is 7.97.